The number of ether oxygens (including phenoxy) is 3. The molecule has 32 heavy (non-hydrogen) atoms. The number of amides is 2. The number of nitrogens with one attached hydrogen (secondary N) is 2. The van der Waals surface area contributed by atoms with Gasteiger partial charge in [-0.15, -0.1) is 0 Å². The molecule has 3 aromatic carbocycles. The molecule has 0 aliphatic rings. The van der Waals surface area contributed by atoms with Crippen molar-refractivity contribution in [2.75, 3.05) is 26.4 Å². The standard InChI is InChI=1S/C25H26N2O5/c1-2-30-16-17-31-23-11-7-6-10-22(23)25(29)27-26-24(28)18-32-21-14-12-20(13-15-21)19-8-4-3-5-9-19/h3-15H,2,16-18H2,1H3,(H,26,28)(H,27,29). The zero-order chi connectivity index (χ0) is 22.6. The Labute approximate surface area is 187 Å². The third kappa shape index (κ3) is 6.85. The quantitative estimate of drug-likeness (QED) is 0.376. The molecule has 3 rings (SSSR count). The number of hydrazine groups is 1. The minimum absolute atomic E-state index is 0.239. The summed E-state index contributed by atoms with van der Waals surface area (Å²) < 4.78 is 16.3. The zero-order valence-corrected chi connectivity index (χ0v) is 17.9. The molecule has 0 spiro atoms. The Hall–Kier alpha value is -3.84. The number of hydrogen-bond donors (Lipinski definition) is 2. The van der Waals surface area contributed by atoms with E-state index in [1.807, 2.05) is 49.4 Å². The van der Waals surface area contributed by atoms with Gasteiger partial charge in [0.25, 0.3) is 11.8 Å². The van der Waals surface area contributed by atoms with Crippen molar-refractivity contribution in [2.24, 2.45) is 0 Å². The minimum atomic E-state index is -0.488. The molecule has 0 radical (unpaired) electrons. The van der Waals surface area contributed by atoms with Gasteiger partial charge in [0.05, 0.1) is 12.2 Å². The van der Waals surface area contributed by atoms with Gasteiger partial charge in [0, 0.05) is 6.61 Å². The molecule has 7 nitrogen and oxygen atoms in total. The molecular formula is C25H26N2O5. The van der Waals surface area contributed by atoms with Crippen LogP contribution in [0.15, 0.2) is 78.9 Å². The van der Waals surface area contributed by atoms with Crippen LogP contribution in [-0.4, -0.2) is 38.2 Å². The average molecular weight is 434 g/mol. The van der Waals surface area contributed by atoms with Crippen molar-refractivity contribution >= 4 is 11.8 Å². The normalized spacial score (nSPS) is 10.3. The zero-order valence-electron chi connectivity index (χ0n) is 17.9. The van der Waals surface area contributed by atoms with Crippen molar-refractivity contribution in [3.63, 3.8) is 0 Å². The Balaban J connectivity index is 1.45. The van der Waals surface area contributed by atoms with E-state index in [-0.39, 0.29) is 6.61 Å². The molecule has 3 aromatic rings. The summed E-state index contributed by atoms with van der Waals surface area (Å²) in [5.41, 5.74) is 7.18. The number of hydrogen-bond acceptors (Lipinski definition) is 5. The van der Waals surface area contributed by atoms with E-state index in [4.69, 9.17) is 14.2 Å². The largest absolute Gasteiger partial charge is 0.490 e. The summed E-state index contributed by atoms with van der Waals surface area (Å²) in [5, 5.41) is 0. The topological polar surface area (TPSA) is 85.9 Å². The Morgan fingerprint density at radius 2 is 1.44 bits per heavy atom. The first-order valence-electron chi connectivity index (χ1n) is 10.3. The summed E-state index contributed by atoms with van der Waals surface area (Å²) in [6.07, 6.45) is 0. The molecule has 2 N–H and O–H groups in total. The highest BCUT2D eigenvalue weighted by atomic mass is 16.5. The van der Waals surface area contributed by atoms with Crippen LogP contribution in [0.3, 0.4) is 0 Å². The molecule has 0 bridgehead atoms. The lowest BCUT2D eigenvalue weighted by Crippen LogP contribution is -2.43. The Morgan fingerprint density at radius 3 is 2.19 bits per heavy atom. The van der Waals surface area contributed by atoms with Gasteiger partial charge in [0.15, 0.2) is 6.61 Å². The smallest absolute Gasteiger partial charge is 0.276 e. The summed E-state index contributed by atoms with van der Waals surface area (Å²) >= 11 is 0. The van der Waals surface area contributed by atoms with Gasteiger partial charge in [0.1, 0.15) is 18.1 Å². The van der Waals surface area contributed by atoms with Gasteiger partial charge in [-0.1, -0.05) is 54.6 Å². The van der Waals surface area contributed by atoms with E-state index in [9.17, 15) is 9.59 Å². The third-order valence-electron chi connectivity index (χ3n) is 4.47. The van der Waals surface area contributed by atoms with Crippen molar-refractivity contribution in [1.29, 1.82) is 0 Å². The highest BCUT2D eigenvalue weighted by Crippen LogP contribution is 2.22. The molecule has 0 aliphatic heterocycles. The van der Waals surface area contributed by atoms with Gasteiger partial charge in [-0.05, 0) is 42.3 Å². The lowest BCUT2D eigenvalue weighted by Gasteiger charge is -2.12. The molecule has 0 aliphatic carbocycles. The molecule has 0 aromatic heterocycles. The van der Waals surface area contributed by atoms with E-state index >= 15 is 0 Å². The fourth-order valence-electron chi connectivity index (χ4n) is 2.89. The van der Waals surface area contributed by atoms with E-state index in [1.165, 1.54) is 0 Å². The highest BCUT2D eigenvalue weighted by Gasteiger charge is 2.13. The van der Waals surface area contributed by atoms with Gasteiger partial charge < -0.3 is 14.2 Å². The van der Waals surface area contributed by atoms with Gasteiger partial charge in [-0.2, -0.15) is 0 Å². The van der Waals surface area contributed by atoms with Crippen molar-refractivity contribution in [2.45, 2.75) is 6.92 Å². The fraction of sp³-hybridized carbons (Fsp3) is 0.200. The van der Waals surface area contributed by atoms with Crippen LogP contribution in [0.5, 0.6) is 11.5 Å². The second-order valence-electron chi connectivity index (χ2n) is 6.72. The van der Waals surface area contributed by atoms with Crippen molar-refractivity contribution in [3.05, 3.63) is 84.4 Å². The number of carbonyl (C=O) groups excluding carboxylic acids is 2. The van der Waals surface area contributed by atoms with Crippen LogP contribution in [0.25, 0.3) is 11.1 Å². The van der Waals surface area contributed by atoms with Gasteiger partial charge in [-0.3, -0.25) is 20.4 Å². The summed E-state index contributed by atoms with van der Waals surface area (Å²) in [6, 6.07) is 24.2. The minimum Gasteiger partial charge on any atom is -0.490 e. The van der Waals surface area contributed by atoms with Crippen LogP contribution in [0.4, 0.5) is 0 Å². The molecule has 7 heteroatoms. The van der Waals surface area contributed by atoms with E-state index in [1.54, 1.807) is 36.4 Å². The molecule has 0 fully saturated rings. The molecule has 0 atom stereocenters. The predicted octanol–water partition coefficient (Wildman–Crippen LogP) is 3.61. The lowest BCUT2D eigenvalue weighted by molar-refractivity contribution is -0.123. The Kier molecular flexibility index (Phi) is 8.65. The number of carbonyl (C=O) groups is 2. The van der Waals surface area contributed by atoms with E-state index in [2.05, 4.69) is 10.9 Å². The van der Waals surface area contributed by atoms with Crippen molar-refractivity contribution in [3.8, 4) is 22.6 Å². The van der Waals surface area contributed by atoms with Crippen LogP contribution in [-0.2, 0) is 9.53 Å². The van der Waals surface area contributed by atoms with Crippen LogP contribution in [0, 0.1) is 0 Å². The maximum absolute atomic E-state index is 12.4. The van der Waals surface area contributed by atoms with Crippen molar-refractivity contribution < 1.29 is 23.8 Å². The van der Waals surface area contributed by atoms with Crippen LogP contribution < -0.4 is 20.3 Å². The van der Waals surface area contributed by atoms with Crippen molar-refractivity contribution in [1.82, 2.24) is 10.9 Å². The molecule has 0 unspecified atom stereocenters. The molecule has 2 amide bonds. The van der Waals surface area contributed by atoms with Crippen LogP contribution in [0.2, 0.25) is 0 Å². The molecule has 0 heterocycles. The van der Waals surface area contributed by atoms with E-state index in [0.717, 1.165) is 11.1 Å². The highest BCUT2D eigenvalue weighted by molar-refractivity contribution is 5.97. The summed E-state index contributed by atoms with van der Waals surface area (Å²) in [4.78, 5) is 24.5. The summed E-state index contributed by atoms with van der Waals surface area (Å²) in [5.74, 6) is -0.00860. The van der Waals surface area contributed by atoms with E-state index < -0.39 is 11.8 Å². The van der Waals surface area contributed by atoms with E-state index in [0.29, 0.717) is 36.9 Å². The van der Waals surface area contributed by atoms with Crippen LogP contribution >= 0.6 is 0 Å². The fourth-order valence-corrected chi connectivity index (χ4v) is 2.89. The van der Waals surface area contributed by atoms with Crippen LogP contribution in [0.1, 0.15) is 17.3 Å². The molecular weight excluding hydrogens is 408 g/mol. The Morgan fingerprint density at radius 1 is 0.750 bits per heavy atom. The third-order valence-corrected chi connectivity index (χ3v) is 4.47. The maximum Gasteiger partial charge on any atom is 0.276 e. The second kappa shape index (κ2) is 12.1. The van der Waals surface area contributed by atoms with Gasteiger partial charge in [0.2, 0.25) is 0 Å². The number of rotatable bonds is 10. The first kappa shape index (κ1) is 22.8. The monoisotopic (exact) mass is 434 g/mol. The predicted molar refractivity (Wildman–Crippen MR) is 121 cm³/mol. The Bertz CT molecular complexity index is 1010. The SMILES string of the molecule is CCOCCOc1ccccc1C(=O)NNC(=O)COc1ccc(-c2ccccc2)cc1. The van der Waals surface area contributed by atoms with Gasteiger partial charge in [-0.25, -0.2) is 0 Å². The number of para-hydroxylation sites is 1. The second-order valence-corrected chi connectivity index (χ2v) is 6.72. The maximum atomic E-state index is 12.4. The molecule has 166 valence electrons. The molecule has 0 saturated carbocycles. The average Bonchev–Trinajstić information content (AvgIpc) is 2.85. The first-order chi connectivity index (χ1) is 15.7. The lowest BCUT2D eigenvalue weighted by atomic mass is 10.1. The first-order valence-corrected chi connectivity index (χ1v) is 10.3. The number of benzene rings is 3. The van der Waals surface area contributed by atoms with Gasteiger partial charge >= 0.3 is 0 Å². The summed E-state index contributed by atoms with van der Waals surface area (Å²) in [6.45, 7) is 3.00. The molecule has 0 saturated heterocycles. The summed E-state index contributed by atoms with van der Waals surface area (Å²) in [7, 11) is 0.